The molecule has 3 heteroatoms. The van der Waals surface area contributed by atoms with Gasteiger partial charge in [-0.1, -0.05) is 0 Å². The Morgan fingerprint density at radius 1 is 1.25 bits per heavy atom. The third-order valence-electron chi connectivity index (χ3n) is 0.729. The number of hydrogen-bond donors (Lipinski definition) is 1. The van der Waals surface area contributed by atoms with E-state index in [2.05, 4.69) is 5.32 Å². The highest BCUT2D eigenvalue weighted by atomic mass is 16.5. The molecule has 0 aliphatic heterocycles. The maximum Gasteiger partial charge on any atom is 0.0962 e. The summed E-state index contributed by atoms with van der Waals surface area (Å²) >= 11 is 0. The van der Waals surface area contributed by atoms with Crippen molar-refractivity contribution in [3.63, 3.8) is 0 Å². The summed E-state index contributed by atoms with van der Waals surface area (Å²) in [6, 6.07) is 0. The number of ether oxygens (including phenoxy) is 2. The van der Waals surface area contributed by atoms with Crippen molar-refractivity contribution in [3.8, 4) is 0 Å². The number of nitrogens with one attached hydrogen (secondary N) is 1. The monoisotopic (exact) mass is 119 g/mol. The second kappa shape index (κ2) is 6.88. The van der Waals surface area contributed by atoms with E-state index in [4.69, 9.17) is 9.47 Å². The SMILES string of the molecule is COCCNCOC. The Kier molecular flexibility index (Phi) is 6.78. The highest BCUT2D eigenvalue weighted by Gasteiger charge is 1.80. The average molecular weight is 119 g/mol. The highest BCUT2D eigenvalue weighted by molar-refractivity contribution is 4.34. The molecule has 0 aromatic heterocycles. The normalized spacial score (nSPS) is 9.75. The summed E-state index contributed by atoms with van der Waals surface area (Å²) in [5.41, 5.74) is 0. The van der Waals surface area contributed by atoms with Gasteiger partial charge in [-0.25, -0.2) is 0 Å². The lowest BCUT2D eigenvalue weighted by Gasteiger charge is -1.99. The van der Waals surface area contributed by atoms with E-state index in [1.165, 1.54) is 0 Å². The molecule has 0 rings (SSSR count). The lowest BCUT2D eigenvalue weighted by Crippen LogP contribution is -2.21. The Bertz CT molecular complexity index is 35.4. The Morgan fingerprint density at radius 3 is 2.50 bits per heavy atom. The molecular weight excluding hydrogens is 106 g/mol. The topological polar surface area (TPSA) is 30.5 Å². The van der Waals surface area contributed by atoms with E-state index in [1.54, 1.807) is 14.2 Å². The maximum atomic E-state index is 4.77. The molecule has 0 aliphatic carbocycles. The fourth-order valence-corrected chi connectivity index (χ4v) is 0.348. The molecular formula is C5H13NO2. The molecule has 0 atom stereocenters. The summed E-state index contributed by atoms with van der Waals surface area (Å²) in [4.78, 5) is 0. The zero-order chi connectivity index (χ0) is 6.24. The van der Waals surface area contributed by atoms with Gasteiger partial charge in [0.15, 0.2) is 0 Å². The fourth-order valence-electron chi connectivity index (χ4n) is 0.348. The Labute approximate surface area is 50.0 Å². The van der Waals surface area contributed by atoms with Crippen molar-refractivity contribution in [1.29, 1.82) is 0 Å². The Balaban J connectivity index is 2.53. The van der Waals surface area contributed by atoms with E-state index in [0.717, 1.165) is 13.2 Å². The minimum absolute atomic E-state index is 0.601. The minimum atomic E-state index is 0.601. The summed E-state index contributed by atoms with van der Waals surface area (Å²) < 4.78 is 9.49. The Morgan fingerprint density at radius 2 is 2.00 bits per heavy atom. The molecule has 0 saturated carbocycles. The van der Waals surface area contributed by atoms with Crippen molar-refractivity contribution in [3.05, 3.63) is 0 Å². The smallest absolute Gasteiger partial charge is 0.0962 e. The van der Waals surface area contributed by atoms with E-state index in [0.29, 0.717) is 6.73 Å². The van der Waals surface area contributed by atoms with Crippen molar-refractivity contribution in [1.82, 2.24) is 5.32 Å². The third kappa shape index (κ3) is 5.88. The van der Waals surface area contributed by atoms with Crippen LogP contribution >= 0.6 is 0 Å². The molecule has 0 bridgehead atoms. The van der Waals surface area contributed by atoms with Crippen molar-refractivity contribution < 1.29 is 9.47 Å². The van der Waals surface area contributed by atoms with Gasteiger partial charge in [-0.05, 0) is 0 Å². The molecule has 0 fully saturated rings. The zero-order valence-corrected chi connectivity index (χ0v) is 5.44. The first-order valence-corrected chi connectivity index (χ1v) is 2.60. The molecule has 0 spiro atoms. The quantitative estimate of drug-likeness (QED) is 0.402. The highest BCUT2D eigenvalue weighted by Crippen LogP contribution is 1.63. The van der Waals surface area contributed by atoms with E-state index in [9.17, 15) is 0 Å². The van der Waals surface area contributed by atoms with E-state index in [-0.39, 0.29) is 0 Å². The summed E-state index contributed by atoms with van der Waals surface area (Å²) in [5.74, 6) is 0. The van der Waals surface area contributed by atoms with Gasteiger partial charge >= 0.3 is 0 Å². The lowest BCUT2D eigenvalue weighted by molar-refractivity contribution is 0.151. The molecule has 0 aromatic rings. The predicted molar refractivity (Wildman–Crippen MR) is 31.8 cm³/mol. The summed E-state index contributed by atoms with van der Waals surface area (Å²) in [6.45, 7) is 2.19. The van der Waals surface area contributed by atoms with Crippen LogP contribution < -0.4 is 5.32 Å². The predicted octanol–water partition coefficient (Wildman–Crippen LogP) is -0.174. The third-order valence-corrected chi connectivity index (χ3v) is 0.729. The first-order valence-electron chi connectivity index (χ1n) is 2.60. The second-order valence-corrected chi connectivity index (χ2v) is 1.43. The molecule has 3 nitrogen and oxygen atoms in total. The molecule has 0 unspecified atom stereocenters. The van der Waals surface area contributed by atoms with Gasteiger partial charge in [0.2, 0.25) is 0 Å². The van der Waals surface area contributed by atoms with Gasteiger partial charge in [0.05, 0.1) is 13.3 Å². The van der Waals surface area contributed by atoms with Crippen LogP contribution in [0.3, 0.4) is 0 Å². The first-order chi connectivity index (χ1) is 3.91. The van der Waals surface area contributed by atoms with Crippen LogP contribution in [0.1, 0.15) is 0 Å². The average Bonchev–Trinajstić information content (AvgIpc) is 1.81. The van der Waals surface area contributed by atoms with Crippen LogP contribution in [0.4, 0.5) is 0 Å². The van der Waals surface area contributed by atoms with E-state index in [1.807, 2.05) is 0 Å². The zero-order valence-electron chi connectivity index (χ0n) is 5.44. The van der Waals surface area contributed by atoms with Crippen molar-refractivity contribution >= 4 is 0 Å². The van der Waals surface area contributed by atoms with E-state index < -0.39 is 0 Å². The largest absolute Gasteiger partial charge is 0.383 e. The van der Waals surface area contributed by atoms with Crippen molar-refractivity contribution in [2.75, 3.05) is 34.1 Å². The van der Waals surface area contributed by atoms with Gasteiger partial charge in [-0.15, -0.1) is 0 Å². The van der Waals surface area contributed by atoms with Crippen LogP contribution in [0.2, 0.25) is 0 Å². The summed E-state index contributed by atoms with van der Waals surface area (Å²) in [7, 11) is 3.33. The van der Waals surface area contributed by atoms with Gasteiger partial charge in [0.1, 0.15) is 0 Å². The van der Waals surface area contributed by atoms with Gasteiger partial charge < -0.3 is 9.47 Å². The molecule has 8 heavy (non-hydrogen) atoms. The molecule has 0 heterocycles. The molecule has 50 valence electrons. The van der Waals surface area contributed by atoms with Crippen LogP contribution in [0, 0.1) is 0 Å². The molecule has 0 radical (unpaired) electrons. The molecule has 0 aromatic carbocycles. The van der Waals surface area contributed by atoms with Gasteiger partial charge in [-0.2, -0.15) is 0 Å². The number of hydrogen-bond acceptors (Lipinski definition) is 3. The van der Waals surface area contributed by atoms with Crippen LogP contribution in [-0.4, -0.2) is 34.1 Å². The van der Waals surface area contributed by atoms with Crippen LogP contribution in [0.15, 0.2) is 0 Å². The molecule has 0 aliphatic rings. The number of rotatable bonds is 5. The first kappa shape index (κ1) is 7.88. The summed E-state index contributed by atoms with van der Waals surface area (Å²) in [6.07, 6.45) is 0. The lowest BCUT2D eigenvalue weighted by atomic mass is 10.7. The molecule has 0 amide bonds. The summed E-state index contributed by atoms with van der Waals surface area (Å²) in [5, 5.41) is 2.99. The van der Waals surface area contributed by atoms with Crippen molar-refractivity contribution in [2.24, 2.45) is 0 Å². The van der Waals surface area contributed by atoms with Gasteiger partial charge in [-0.3, -0.25) is 5.32 Å². The number of methoxy groups -OCH3 is 2. The standard InChI is InChI=1S/C5H13NO2/c1-7-4-3-6-5-8-2/h6H,3-5H2,1-2H3. The van der Waals surface area contributed by atoms with Gasteiger partial charge in [0.25, 0.3) is 0 Å². The fraction of sp³-hybridized carbons (Fsp3) is 1.00. The van der Waals surface area contributed by atoms with Gasteiger partial charge in [0, 0.05) is 20.8 Å². The van der Waals surface area contributed by atoms with Crippen LogP contribution in [0.25, 0.3) is 0 Å². The Hall–Kier alpha value is -0.120. The molecule has 0 saturated heterocycles. The second-order valence-electron chi connectivity index (χ2n) is 1.43. The van der Waals surface area contributed by atoms with Crippen LogP contribution in [-0.2, 0) is 9.47 Å². The maximum absolute atomic E-state index is 4.77. The van der Waals surface area contributed by atoms with Crippen LogP contribution in [0.5, 0.6) is 0 Å². The minimum Gasteiger partial charge on any atom is -0.383 e. The molecule has 1 N–H and O–H groups in total. The van der Waals surface area contributed by atoms with E-state index >= 15 is 0 Å². The van der Waals surface area contributed by atoms with Crippen molar-refractivity contribution in [2.45, 2.75) is 0 Å².